The Morgan fingerprint density at radius 2 is 1.45 bits per heavy atom. The first kappa shape index (κ1) is 22.2. The number of ether oxygens (including phenoxy) is 1. The van der Waals surface area contributed by atoms with Gasteiger partial charge in [0.25, 0.3) is 0 Å². The van der Waals surface area contributed by atoms with Crippen molar-refractivity contribution in [3.63, 3.8) is 0 Å². The Morgan fingerprint density at radius 3 is 2.13 bits per heavy atom. The van der Waals surface area contributed by atoms with Crippen molar-refractivity contribution in [3.05, 3.63) is 95.6 Å². The number of hydrogen-bond donors (Lipinski definition) is 1. The molecule has 3 aromatic carbocycles. The summed E-state index contributed by atoms with van der Waals surface area (Å²) in [7, 11) is 0. The lowest BCUT2D eigenvalue weighted by Crippen LogP contribution is -2.16. The summed E-state index contributed by atoms with van der Waals surface area (Å²) in [4.78, 5) is 37.2. The van der Waals surface area contributed by atoms with E-state index >= 15 is 0 Å². The first-order valence-corrected chi connectivity index (χ1v) is 10.1. The first-order chi connectivity index (χ1) is 14.9. The second-order valence-electron chi connectivity index (χ2n) is 6.35. The Balaban J connectivity index is 1.56. The van der Waals surface area contributed by atoms with Gasteiger partial charge in [-0.15, -0.1) is 11.8 Å². The van der Waals surface area contributed by atoms with Crippen molar-refractivity contribution in [3.8, 4) is 0 Å². The van der Waals surface area contributed by atoms with Gasteiger partial charge in [-0.25, -0.2) is 13.6 Å². The molecule has 5 nitrogen and oxygen atoms in total. The molecule has 8 heteroatoms. The average molecular weight is 441 g/mol. The van der Waals surface area contributed by atoms with Gasteiger partial charge in [0.1, 0.15) is 11.6 Å². The maximum Gasteiger partial charge on any atom is 0.339 e. The molecule has 0 saturated carbocycles. The van der Waals surface area contributed by atoms with Crippen molar-refractivity contribution in [1.82, 2.24) is 0 Å². The number of esters is 1. The van der Waals surface area contributed by atoms with E-state index in [4.69, 9.17) is 4.74 Å². The van der Waals surface area contributed by atoms with E-state index in [1.54, 1.807) is 18.2 Å². The number of ketones is 1. The summed E-state index contributed by atoms with van der Waals surface area (Å²) >= 11 is 1.12. The minimum absolute atomic E-state index is 0.0101. The molecule has 0 atom stereocenters. The van der Waals surface area contributed by atoms with Crippen LogP contribution in [0.25, 0.3) is 0 Å². The number of hydrogen-bond acceptors (Lipinski definition) is 5. The van der Waals surface area contributed by atoms with Gasteiger partial charge < -0.3 is 10.1 Å². The van der Waals surface area contributed by atoms with Gasteiger partial charge in [-0.1, -0.05) is 12.1 Å². The number of carbonyl (C=O) groups excluding carboxylic acids is 3. The molecular formula is C23H17F2NO4S. The summed E-state index contributed by atoms with van der Waals surface area (Å²) < 4.78 is 31.0. The van der Waals surface area contributed by atoms with E-state index in [0.29, 0.717) is 10.6 Å². The zero-order chi connectivity index (χ0) is 22.2. The van der Waals surface area contributed by atoms with Gasteiger partial charge in [0.2, 0.25) is 5.91 Å². The van der Waals surface area contributed by atoms with E-state index in [1.807, 2.05) is 0 Å². The molecule has 1 N–H and O–H groups in total. The maximum atomic E-state index is 13.0. The quantitative estimate of drug-likeness (QED) is 0.311. The van der Waals surface area contributed by atoms with Crippen LogP contribution in [0.2, 0.25) is 0 Å². The van der Waals surface area contributed by atoms with Gasteiger partial charge in [-0.3, -0.25) is 9.59 Å². The fourth-order valence-electron chi connectivity index (χ4n) is 2.56. The molecule has 158 valence electrons. The summed E-state index contributed by atoms with van der Waals surface area (Å²) in [5, 5.41) is 2.64. The molecular weight excluding hydrogens is 424 g/mol. The molecule has 0 aliphatic rings. The Bertz CT molecular complexity index is 1090. The number of Topliss-reactive ketones (excluding diaryl/α,β-unsaturated/α-hetero) is 1. The molecule has 0 heterocycles. The minimum atomic E-state index is -0.711. The molecule has 3 aromatic rings. The zero-order valence-electron chi connectivity index (χ0n) is 16.1. The van der Waals surface area contributed by atoms with Crippen molar-refractivity contribution in [2.24, 2.45) is 0 Å². The number of halogens is 2. The van der Waals surface area contributed by atoms with E-state index in [9.17, 15) is 23.2 Å². The largest absolute Gasteiger partial charge is 0.454 e. The predicted molar refractivity (Wildman–Crippen MR) is 113 cm³/mol. The summed E-state index contributed by atoms with van der Waals surface area (Å²) in [6.07, 6.45) is 0. The normalized spacial score (nSPS) is 10.4. The van der Waals surface area contributed by atoms with Gasteiger partial charge in [-0.05, 0) is 60.7 Å². The fourth-order valence-corrected chi connectivity index (χ4v) is 3.40. The highest BCUT2D eigenvalue weighted by atomic mass is 32.2. The highest BCUT2D eigenvalue weighted by Crippen LogP contribution is 2.24. The number of amides is 1. The topological polar surface area (TPSA) is 72.5 Å². The SMILES string of the molecule is O=C(CSc1ccccc1C(=O)OCC(=O)c1ccc(F)cc1)Nc1ccc(F)cc1. The number of thioether (sulfide) groups is 1. The van der Waals surface area contributed by atoms with Crippen LogP contribution >= 0.6 is 11.8 Å². The molecule has 0 bridgehead atoms. The van der Waals surface area contributed by atoms with Crippen LogP contribution in [-0.2, 0) is 9.53 Å². The van der Waals surface area contributed by atoms with Crippen molar-refractivity contribution < 1.29 is 27.9 Å². The van der Waals surface area contributed by atoms with Crippen molar-refractivity contribution in [2.75, 3.05) is 17.7 Å². The second-order valence-corrected chi connectivity index (χ2v) is 7.36. The van der Waals surface area contributed by atoms with Crippen LogP contribution < -0.4 is 5.32 Å². The lowest BCUT2D eigenvalue weighted by atomic mass is 10.1. The number of benzene rings is 3. The standard InChI is InChI=1S/C23H17F2NO4S/c24-16-7-5-15(6-8-16)20(27)13-30-23(29)19-3-1-2-4-21(19)31-14-22(28)26-18-11-9-17(25)10-12-18/h1-12H,13-14H2,(H,26,28). The predicted octanol–water partition coefficient (Wildman–Crippen LogP) is 4.74. The number of carbonyl (C=O) groups is 3. The summed E-state index contributed by atoms with van der Waals surface area (Å²) in [6, 6.07) is 16.8. The Morgan fingerprint density at radius 1 is 0.839 bits per heavy atom. The van der Waals surface area contributed by atoms with Crippen LogP contribution in [-0.4, -0.2) is 30.0 Å². The van der Waals surface area contributed by atoms with Crippen molar-refractivity contribution in [2.45, 2.75) is 4.90 Å². The van der Waals surface area contributed by atoms with Crippen molar-refractivity contribution in [1.29, 1.82) is 0 Å². The minimum Gasteiger partial charge on any atom is -0.454 e. The van der Waals surface area contributed by atoms with E-state index in [2.05, 4.69) is 5.32 Å². The summed E-state index contributed by atoms with van der Waals surface area (Å²) in [5.41, 5.74) is 0.905. The van der Waals surface area contributed by atoms with Crippen LogP contribution in [0.3, 0.4) is 0 Å². The third-order valence-corrected chi connectivity index (χ3v) is 5.17. The maximum absolute atomic E-state index is 13.0. The van der Waals surface area contributed by atoms with Crippen LogP contribution in [0, 0.1) is 11.6 Å². The molecule has 0 aliphatic carbocycles. The monoisotopic (exact) mass is 441 g/mol. The number of rotatable bonds is 8. The van der Waals surface area contributed by atoms with Crippen LogP contribution in [0.1, 0.15) is 20.7 Å². The van der Waals surface area contributed by atoms with Crippen LogP contribution in [0.15, 0.2) is 77.7 Å². The van der Waals surface area contributed by atoms with Gasteiger partial charge in [0.15, 0.2) is 12.4 Å². The van der Waals surface area contributed by atoms with Crippen LogP contribution in [0.5, 0.6) is 0 Å². The molecule has 0 aromatic heterocycles. The second kappa shape index (κ2) is 10.5. The Labute approximate surface area is 181 Å². The molecule has 0 unspecified atom stereocenters. The van der Waals surface area contributed by atoms with Gasteiger partial charge >= 0.3 is 5.97 Å². The molecule has 31 heavy (non-hydrogen) atoms. The molecule has 0 saturated heterocycles. The third kappa shape index (κ3) is 6.48. The van der Waals surface area contributed by atoms with Gasteiger partial charge in [0.05, 0.1) is 11.3 Å². The van der Waals surface area contributed by atoms with E-state index in [-0.39, 0.29) is 22.8 Å². The Hall–Kier alpha value is -3.52. The molecule has 0 spiro atoms. The van der Waals surface area contributed by atoms with Crippen LogP contribution in [0.4, 0.5) is 14.5 Å². The fraction of sp³-hybridized carbons (Fsp3) is 0.0870. The first-order valence-electron chi connectivity index (χ1n) is 9.15. The van der Waals surface area contributed by atoms with Gasteiger partial charge in [-0.2, -0.15) is 0 Å². The molecule has 1 amide bonds. The van der Waals surface area contributed by atoms with Crippen molar-refractivity contribution >= 4 is 35.1 Å². The molecule has 0 aliphatic heterocycles. The zero-order valence-corrected chi connectivity index (χ0v) is 17.0. The van der Waals surface area contributed by atoms with E-state index in [0.717, 1.165) is 23.9 Å². The smallest absolute Gasteiger partial charge is 0.339 e. The average Bonchev–Trinajstić information content (AvgIpc) is 2.78. The lowest BCUT2D eigenvalue weighted by molar-refractivity contribution is -0.113. The lowest BCUT2D eigenvalue weighted by Gasteiger charge is -2.10. The highest BCUT2D eigenvalue weighted by Gasteiger charge is 2.16. The molecule has 0 fully saturated rings. The van der Waals surface area contributed by atoms with Gasteiger partial charge in [0, 0.05) is 16.1 Å². The molecule has 0 radical (unpaired) electrons. The van der Waals surface area contributed by atoms with E-state index < -0.39 is 30.0 Å². The highest BCUT2D eigenvalue weighted by molar-refractivity contribution is 8.00. The number of nitrogens with one attached hydrogen (secondary N) is 1. The number of anilines is 1. The summed E-state index contributed by atoms with van der Waals surface area (Å²) in [5.74, 6) is -2.36. The Kier molecular flexibility index (Phi) is 7.50. The van der Waals surface area contributed by atoms with E-state index in [1.165, 1.54) is 42.5 Å². The third-order valence-electron chi connectivity index (χ3n) is 4.09. The molecule has 3 rings (SSSR count). The summed E-state index contributed by atoms with van der Waals surface area (Å²) in [6.45, 7) is -0.492.